The Morgan fingerprint density at radius 3 is 2.69 bits per heavy atom. The summed E-state index contributed by atoms with van der Waals surface area (Å²) in [6.45, 7) is 2.72. The summed E-state index contributed by atoms with van der Waals surface area (Å²) < 4.78 is 0. The summed E-state index contributed by atoms with van der Waals surface area (Å²) in [5, 5.41) is 6.27. The Hall–Kier alpha value is -2.44. The van der Waals surface area contributed by atoms with Crippen molar-refractivity contribution in [3.8, 4) is 0 Å². The van der Waals surface area contributed by atoms with Crippen LogP contribution in [0, 0.1) is 0 Å². The fourth-order valence-corrected chi connectivity index (χ4v) is 4.06. The summed E-state index contributed by atoms with van der Waals surface area (Å²) >= 11 is 1.42. The Balaban J connectivity index is 1.33. The number of hydrogen-bond acceptors (Lipinski definition) is 5. The van der Waals surface area contributed by atoms with Crippen molar-refractivity contribution in [3.05, 3.63) is 59.1 Å². The van der Waals surface area contributed by atoms with Gasteiger partial charge in [0, 0.05) is 36.9 Å². The van der Waals surface area contributed by atoms with Gasteiger partial charge in [-0.15, -0.1) is 11.3 Å². The Morgan fingerprint density at radius 2 is 1.92 bits per heavy atom. The molecular weight excluding hydrogens is 344 g/mol. The van der Waals surface area contributed by atoms with Crippen LogP contribution in [0.2, 0.25) is 0 Å². The molecule has 3 aromatic rings. The molecule has 0 aliphatic carbocycles. The van der Waals surface area contributed by atoms with Crippen molar-refractivity contribution in [2.45, 2.75) is 25.8 Å². The minimum absolute atomic E-state index is 0.0523. The first kappa shape index (κ1) is 17.0. The summed E-state index contributed by atoms with van der Waals surface area (Å²) in [6, 6.07) is 14.0. The third kappa shape index (κ3) is 4.03. The second kappa shape index (κ2) is 7.85. The maximum absolute atomic E-state index is 12.4. The zero-order valence-electron chi connectivity index (χ0n) is 14.6. The first-order chi connectivity index (χ1) is 12.8. The Morgan fingerprint density at radius 1 is 1.12 bits per heavy atom. The van der Waals surface area contributed by atoms with Gasteiger partial charge < -0.3 is 10.7 Å². The van der Waals surface area contributed by atoms with Gasteiger partial charge in [0.25, 0.3) is 5.91 Å². The van der Waals surface area contributed by atoms with Crippen LogP contribution in [-0.2, 0) is 6.54 Å². The molecule has 0 radical (unpaired) electrons. The number of piperidine rings is 1. The molecule has 1 saturated heterocycles. The monoisotopic (exact) mass is 366 g/mol. The van der Waals surface area contributed by atoms with E-state index >= 15 is 0 Å². The van der Waals surface area contributed by atoms with Crippen molar-refractivity contribution in [1.29, 1.82) is 0 Å². The van der Waals surface area contributed by atoms with E-state index in [-0.39, 0.29) is 5.91 Å². The zero-order chi connectivity index (χ0) is 17.8. The predicted molar refractivity (Wildman–Crippen MR) is 106 cm³/mol. The Labute approximate surface area is 157 Å². The number of thiophene rings is 1. The molecule has 0 saturated carbocycles. The van der Waals surface area contributed by atoms with E-state index in [9.17, 15) is 4.79 Å². The lowest BCUT2D eigenvalue weighted by atomic mass is 10.1. The van der Waals surface area contributed by atoms with E-state index in [2.05, 4.69) is 45.0 Å². The van der Waals surface area contributed by atoms with Crippen molar-refractivity contribution >= 4 is 33.1 Å². The fourth-order valence-electron chi connectivity index (χ4n) is 3.14. The molecule has 0 atom stereocenters. The van der Waals surface area contributed by atoms with Gasteiger partial charge in [0.15, 0.2) is 0 Å². The number of fused-ring (bicyclic) bond motifs is 1. The maximum atomic E-state index is 12.4. The molecule has 134 valence electrons. The standard InChI is InChI=1S/C20H22N4OS/c25-19(18-13-16-5-4-10-21-20(16)26-18)22-14-15-6-8-17(9-7-15)23-24-11-2-1-3-12-24/h4-10,13,23H,1-3,11-12,14H2,(H,22,25). The lowest BCUT2D eigenvalue weighted by Crippen LogP contribution is -2.34. The summed E-state index contributed by atoms with van der Waals surface area (Å²) in [5.74, 6) is -0.0523. The highest BCUT2D eigenvalue weighted by atomic mass is 32.1. The molecule has 5 nitrogen and oxygen atoms in total. The molecule has 6 heteroatoms. The minimum atomic E-state index is -0.0523. The highest BCUT2D eigenvalue weighted by molar-refractivity contribution is 7.20. The normalized spacial score (nSPS) is 15.1. The van der Waals surface area contributed by atoms with Gasteiger partial charge in [0.2, 0.25) is 0 Å². The Bertz CT molecular complexity index is 851. The van der Waals surface area contributed by atoms with Gasteiger partial charge in [0.05, 0.1) is 4.88 Å². The molecule has 0 unspecified atom stereocenters. The van der Waals surface area contributed by atoms with E-state index in [4.69, 9.17) is 0 Å². The Kier molecular flexibility index (Phi) is 5.13. The maximum Gasteiger partial charge on any atom is 0.261 e. The number of amides is 1. The van der Waals surface area contributed by atoms with Crippen LogP contribution in [0.3, 0.4) is 0 Å². The van der Waals surface area contributed by atoms with Gasteiger partial charge in [0.1, 0.15) is 4.83 Å². The van der Waals surface area contributed by atoms with E-state index in [1.807, 2.05) is 18.2 Å². The summed E-state index contributed by atoms with van der Waals surface area (Å²) in [5.41, 5.74) is 5.63. The molecule has 0 spiro atoms. The largest absolute Gasteiger partial charge is 0.347 e. The molecule has 1 fully saturated rings. The number of benzene rings is 1. The molecule has 4 rings (SSSR count). The van der Waals surface area contributed by atoms with Gasteiger partial charge in [-0.3, -0.25) is 4.79 Å². The number of hydrazine groups is 1. The minimum Gasteiger partial charge on any atom is -0.347 e. The van der Waals surface area contributed by atoms with E-state index in [0.717, 1.165) is 34.6 Å². The third-order valence-corrected chi connectivity index (χ3v) is 5.63. The number of aromatic nitrogens is 1. The fraction of sp³-hybridized carbons (Fsp3) is 0.300. The number of nitrogens with zero attached hydrogens (tertiary/aromatic N) is 2. The van der Waals surface area contributed by atoms with Crippen LogP contribution >= 0.6 is 11.3 Å². The van der Waals surface area contributed by atoms with E-state index in [1.54, 1.807) is 6.20 Å². The van der Waals surface area contributed by atoms with Gasteiger partial charge in [-0.1, -0.05) is 24.6 Å². The molecular formula is C20H22N4OS. The second-order valence-electron chi connectivity index (χ2n) is 6.55. The quantitative estimate of drug-likeness (QED) is 0.715. The summed E-state index contributed by atoms with van der Waals surface area (Å²) in [6.07, 6.45) is 5.58. The molecule has 0 bridgehead atoms. The molecule has 1 aliphatic heterocycles. The highest BCUT2D eigenvalue weighted by Gasteiger charge is 2.11. The summed E-state index contributed by atoms with van der Waals surface area (Å²) in [4.78, 5) is 18.2. The van der Waals surface area contributed by atoms with E-state index in [0.29, 0.717) is 11.4 Å². The second-order valence-corrected chi connectivity index (χ2v) is 7.58. The van der Waals surface area contributed by atoms with Crippen molar-refractivity contribution in [1.82, 2.24) is 15.3 Å². The van der Waals surface area contributed by atoms with Crippen LogP contribution in [0.15, 0.2) is 48.7 Å². The molecule has 1 amide bonds. The van der Waals surface area contributed by atoms with Crippen molar-refractivity contribution in [2.75, 3.05) is 18.5 Å². The number of rotatable bonds is 5. The number of anilines is 1. The molecule has 2 aromatic heterocycles. The van der Waals surface area contributed by atoms with Crippen molar-refractivity contribution in [3.63, 3.8) is 0 Å². The average molecular weight is 366 g/mol. The number of carbonyl (C=O) groups is 1. The van der Waals surface area contributed by atoms with Crippen molar-refractivity contribution in [2.24, 2.45) is 0 Å². The topological polar surface area (TPSA) is 57.3 Å². The van der Waals surface area contributed by atoms with Gasteiger partial charge in [-0.05, 0) is 42.7 Å². The highest BCUT2D eigenvalue weighted by Crippen LogP contribution is 2.23. The van der Waals surface area contributed by atoms with Crippen LogP contribution in [0.5, 0.6) is 0 Å². The number of carbonyl (C=O) groups excluding carboxylic acids is 1. The third-order valence-electron chi connectivity index (χ3n) is 4.57. The SMILES string of the molecule is O=C(NCc1ccc(NN2CCCCC2)cc1)c1cc2cccnc2s1. The van der Waals surface area contributed by atoms with Crippen LogP contribution in [0.25, 0.3) is 10.2 Å². The number of nitrogens with one attached hydrogen (secondary N) is 2. The van der Waals surface area contributed by atoms with Crippen LogP contribution in [-0.4, -0.2) is 29.0 Å². The number of pyridine rings is 1. The predicted octanol–water partition coefficient (Wildman–Crippen LogP) is 4.04. The number of hydrogen-bond donors (Lipinski definition) is 2. The van der Waals surface area contributed by atoms with E-state index < -0.39 is 0 Å². The molecule has 1 aromatic carbocycles. The van der Waals surface area contributed by atoms with Crippen molar-refractivity contribution < 1.29 is 4.79 Å². The van der Waals surface area contributed by atoms with Crippen LogP contribution in [0.4, 0.5) is 5.69 Å². The lowest BCUT2D eigenvalue weighted by Gasteiger charge is -2.27. The smallest absolute Gasteiger partial charge is 0.261 e. The first-order valence-corrected chi connectivity index (χ1v) is 9.83. The summed E-state index contributed by atoms with van der Waals surface area (Å²) in [7, 11) is 0. The van der Waals surface area contributed by atoms with Crippen LogP contribution in [0.1, 0.15) is 34.5 Å². The van der Waals surface area contributed by atoms with Gasteiger partial charge in [-0.2, -0.15) is 0 Å². The average Bonchev–Trinajstić information content (AvgIpc) is 3.12. The molecule has 2 N–H and O–H groups in total. The van der Waals surface area contributed by atoms with Gasteiger partial charge in [-0.25, -0.2) is 9.99 Å². The molecule has 1 aliphatic rings. The molecule has 26 heavy (non-hydrogen) atoms. The zero-order valence-corrected chi connectivity index (χ0v) is 15.4. The lowest BCUT2D eigenvalue weighted by molar-refractivity contribution is 0.0955. The van der Waals surface area contributed by atoms with Crippen LogP contribution < -0.4 is 10.7 Å². The first-order valence-electron chi connectivity index (χ1n) is 9.01. The molecule has 3 heterocycles. The van der Waals surface area contributed by atoms with E-state index in [1.165, 1.54) is 30.6 Å². The van der Waals surface area contributed by atoms with Gasteiger partial charge >= 0.3 is 0 Å².